The van der Waals surface area contributed by atoms with Crippen LogP contribution in [-0.4, -0.2) is 25.2 Å². The number of ether oxygens (including phenoxy) is 2. The van der Waals surface area contributed by atoms with Crippen LogP contribution in [0.1, 0.15) is 11.1 Å². The summed E-state index contributed by atoms with van der Waals surface area (Å²) >= 11 is 5.32. The van der Waals surface area contributed by atoms with Crippen LogP contribution in [0.15, 0.2) is 48.5 Å². The first kappa shape index (κ1) is 16.4. The molecule has 0 atom stereocenters. The molecule has 3 nitrogen and oxygen atoms in total. The molecule has 0 saturated heterocycles. The third-order valence-corrected chi connectivity index (χ3v) is 3.39. The summed E-state index contributed by atoms with van der Waals surface area (Å²) in [5.74, 6) is 0.468. The molecule has 0 saturated carbocycles. The Morgan fingerprint density at radius 1 is 1.18 bits per heavy atom. The summed E-state index contributed by atoms with van der Waals surface area (Å²) in [6.07, 6.45) is 0. The van der Waals surface area contributed by atoms with Crippen molar-refractivity contribution in [2.75, 3.05) is 20.3 Å². The maximum atomic E-state index is 12.8. The number of benzene rings is 2. The summed E-state index contributed by atoms with van der Waals surface area (Å²) in [6, 6.07) is 13.8. The van der Waals surface area contributed by atoms with Gasteiger partial charge in [0.25, 0.3) is 0 Å². The number of thiocarbonyl (C=S) groups is 1. The van der Waals surface area contributed by atoms with Crippen molar-refractivity contribution in [3.63, 3.8) is 0 Å². The van der Waals surface area contributed by atoms with E-state index in [4.69, 9.17) is 21.7 Å². The number of hydrogen-bond donors (Lipinski definition) is 1. The summed E-state index contributed by atoms with van der Waals surface area (Å²) in [5.41, 5.74) is 1.80. The lowest BCUT2D eigenvalue weighted by Gasteiger charge is -2.10. The van der Waals surface area contributed by atoms with Gasteiger partial charge in [0, 0.05) is 19.2 Å². The van der Waals surface area contributed by atoms with Gasteiger partial charge in [0.2, 0.25) is 0 Å². The molecule has 2 aromatic rings. The van der Waals surface area contributed by atoms with Gasteiger partial charge in [-0.05, 0) is 29.8 Å². The van der Waals surface area contributed by atoms with Crippen LogP contribution in [0, 0.1) is 5.82 Å². The topological polar surface area (TPSA) is 30.5 Å². The van der Waals surface area contributed by atoms with Crippen LogP contribution in [0.25, 0.3) is 0 Å². The van der Waals surface area contributed by atoms with E-state index in [-0.39, 0.29) is 5.82 Å². The highest BCUT2D eigenvalue weighted by molar-refractivity contribution is 7.80. The third kappa shape index (κ3) is 5.09. The molecule has 1 N–H and O–H groups in total. The number of halogens is 1. The molecule has 0 aliphatic heterocycles. The molecule has 2 aromatic carbocycles. The van der Waals surface area contributed by atoms with E-state index in [1.807, 2.05) is 24.3 Å². The van der Waals surface area contributed by atoms with E-state index < -0.39 is 0 Å². The molecule has 0 amide bonds. The summed E-state index contributed by atoms with van der Waals surface area (Å²) in [6.45, 7) is 1.64. The Hall–Kier alpha value is -1.98. The van der Waals surface area contributed by atoms with E-state index in [1.165, 1.54) is 12.1 Å². The predicted molar refractivity (Wildman–Crippen MR) is 88.8 cm³/mol. The Balaban J connectivity index is 1.93. The Kier molecular flexibility index (Phi) is 6.30. The summed E-state index contributed by atoms with van der Waals surface area (Å²) in [7, 11) is 1.65. The fraction of sp³-hybridized carbons (Fsp3) is 0.235. The van der Waals surface area contributed by atoms with Crippen molar-refractivity contribution in [2.45, 2.75) is 6.61 Å². The van der Waals surface area contributed by atoms with E-state index >= 15 is 0 Å². The SMILES string of the molecule is COCCNC(=S)c1cccc(OCc2ccc(F)cc2)c1. The van der Waals surface area contributed by atoms with Crippen LogP contribution in [0.5, 0.6) is 5.75 Å². The minimum atomic E-state index is -0.252. The summed E-state index contributed by atoms with van der Waals surface area (Å²) in [4.78, 5) is 0.657. The molecule has 0 radical (unpaired) electrons. The first-order chi connectivity index (χ1) is 10.7. The standard InChI is InChI=1S/C17H18FNO2S/c1-20-10-9-19-17(22)14-3-2-4-16(11-14)21-12-13-5-7-15(18)8-6-13/h2-8,11H,9-10,12H2,1H3,(H,19,22). The predicted octanol–water partition coefficient (Wildman–Crippen LogP) is 3.32. The minimum absolute atomic E-state index is 0.252. The quantitative estimate of drug-likeness (QED) is 0.626. The van der Waals surface area contributed by atoms with Gasteiger partial charge in [0.15, 0.2) is 0 Å². The summed E-state index contributed by atoms with van der Waals surface area (Å²) in [5, 5.41) is 3.12. The average molecular weight is 319 g/mol. The number of methoxy groups -OCH3 is 1. The van der Waals surface area contributed by atoms with E-state index in [0.717, 1.165) is 16.9 Å². The van der Waals surface area contributed by atoms with Gasteiger partial charge in [-0.2, -0.15) is 0 Å². The maximum absolute atomic E-state index is 12.8. The third-order valence-electron chi connectivity index (χ3n) is 3.01. The lowest BCUT2D eigenvalue weighted by Crippen LogP contribution is -2.25. The lowest BCUT2D eigenvalue weighted by atomic mass is 10.2. The number of nitrogens with one attached hydrogen (secondary N) is 1. The molecule has 22 heavy (non-hydrogen) atoms. The number of rotatable bonds is 7. The smallest absolute Gasteiger partial charge is 0.123 e. The molecule has 0 heterocycles. The van der Waals surface area contributed by atoms with Crippen LogP contribution in [0.4, 0.5) is 4.39 Å². The molecule has 116 valence electrons. The zero-order chi connectivity index (χ0) is 15.8. The van der Waals surface area contributed by atoms with E-state index in [0.29, 0.717) is 24.7 Å². The molecule has 5 heteroatoms. The fourth-order valence-electron chi connectivity index (χ4n) is 1.84. The van der Waals surface area contributed by atoms with Gasteiger partial charge < -0.3 is 14.8 Å². The molecular formula is C17H18FNO2S. The van der Waals surface area contributed by atoms with Gasteiger partial charge in [0.1, 0.15) is 23.2 Å². The summed E-state index contributed by atoms with van der Waals surface area (Å²) < 4.78 is 23.5. The van der Waals surface area contributed by atoms with Gasteiger partial charge >= 0.3 is 0 Å². The highest BCUT2D eigenvalue weighted by Crippen LogP contribution is 2.16. The second-order valence-electron chi connectivity index (χ2n) is 4.69. The van der Waals surface area contributed by atoms with Crippen LogP contribution in [0.3, 0.4) is 0 Å². The first-order valence-corrected chi connectivity index (χ1v) is 7.34. The van der Waals surface area contributed by atoms with Crippen molar-refractivity contribution in [1.29, 1.82) is 0 Å². The Labute approximate surface area is 135 Å². The molecular weight excluding hydrogens is 301 g/mol. The number of hydrogen-bond acceptors (Lipinski definition) is 3. The molecule has 0 aliphatic rings. The molecule has 0 bridgehead atoms. The largest absolute Gasteiger partial charge is 0.489 e. The molecule has 0 unspecified atom stereocenters. The van der Waals surface area contributed by atoms with Crippen molar-refractivity contribution in [2.24, 2.45) is 0 Å². The molecule has 2 rings (SSSR count). The molecule has 0 spiro atoms. The molecule has 0 fully saturated rings. The average Bonchev–Trinajstić information content (AvgIpc) is 2.55. The Bertz CT molecular complexity index is 616. The zero-order valence-electron chi connectivity index (χ0n) is 12.3. The van der Waals surface area contributed by atoms with E-state index in [2.05, 4.69) is 5.32 Å². The monoisotopic (exact) mass is 319 g/mol. The van der Waals surface area contributed by atoms with Gasteiger partial charge in [-0.1, -0.05) is 36.5 Å². The van der Waals surface area contributed by atoms with Gasteiger partial charge in [-0.3, -0.25) is 0 Å². The maximum Gasteiger partial charge on any atom is 0.123 e. The van der Waals surface area contributed by atoms with Crippen molar-refractivity contribution in [1.82, 2.24) is 5.32 Å². The Morgan fingerprint density at radius 2 is 1.95 bits per heavy atom. The highest BCUT2D eigenvalue weighted by Gasteiger charge is 2.03. The van der Waals surface area contributed by atoms with Gasteiger partial charge in [-0.25, -0.2) is 4.39 Å². The van der Waals surface area contributed by atoms with E-state index in [1.54, 1.807) is 19.2 Å². The van der Waals surface area contributed by atoms with Crippen LogP contribution in [-0.2, 0) is 11.3 Å². The molecule has 0 aliphatic carbocycles. The Morgan fingerprint density at radius 3 is 2.68 bits per heavy atom. The zero-order valence-corrected chi connectivity index (χ0v) is 13.2. The fourth-order valence-corrected chi connectivity index (χ4v) is 2.07. The van der Waals surface area contributed by atoms with Gasteiger partial charge in [-0.15, -0.1) is 0 Å². The van der Waals surface area contributed by atoms with Crippen molar-refractivity contribution >= 4 is 17.2 Å². The highest BCUT2D eigenvalue weighted by atomic mass is 32.1. The normalized spacial score (nSPS) is 10.3. The van der Waals surface area contributed by atoms with Crippen LogP contribution in [0.2, 0.25) is 0 Å². The van der Waals surface area contributed by atoms with Crippen LogP contribution >= 0.6 is 12.2 Å². The lowest BCUT2D eigenvalue weighted by molar-refractivity contribution is 0.204. The van der Waals surface area contributed by atoms with Crippen LogP contribution < -0.4 is 10.1 Å². The van der Waals surface area contributed by atoms with Crippen molar-refractivity contribution in [3.05, 3.63) is 65.5 Å². The second kappa shape index (κ2) is 8.46. The second-order valence-corrected chi connectivity index (χ2v) is 5.10. The first-order valence-electron chi connectivity index (χ1n) is 6.93. The van der Waals surface area contributed by atoms with Gasteiger partial charge in [0.05, 0.1) is 6.61 Å². The van der Waals surface area contributed by atoms with Crippen molar-refractivity contribution < 1.29 is 13.9 Å². The van der Waals surface area contributed by atoms with Crippen molar-refractivity contribution in [3.8, 4) is 5.75 Å². The van der Waals surface area contributed by atoms with E-state index in [9.17, 15) is 4.39 Å². The minimum Gasteiger partial charge on any atom is -0.489 e. The molecule has 0 aromatic heterocycles.